The van der Waals surface area contributed by atoms with Crippen LogP contribution in [0.25, 0.3) is 11.3 Å². The van der Waals surface area contributed by atoms with Gasteiger partial charge < -0.3 is 14.5 Å². The van der Waals surface area contributed by atoms with Gasteiger partial charge in [0.2, 0.25) is 0 Å². The predicted molar refractivity (Wildman–Crippen MR) is 80.8 cm³/mol. The minimum absolute atomic E-state index is 0.0203. The molecule has 1 heterocycles. The molecule has 1 aromatic heterocycles. The number of carboxylic acid groups (broad SMARTS) is 1. The summed E-state index contributed by atoms with van der Waals surface area (Å²) in [6, 6.07) is 8.54. The monoisotopic (exact) mass is 322 g/mol. The molecule has 0 atom stereocenters. The molecule has 0 radical (unpaired) electrons. The number of hydrogen-bond donors (Lipinski definition) is 1. The second kappa shape index (κ2) is 7.09. The Morgan fingerprint density at radius 1 is 1.32 bits per heavy atom. The number of aromatic nitrogens is 1. The molecule has 7 heteroatoms. The average Bonchev–Trinajstić information content (AvgIpc) is 2.96. The molecule has 1 aromatic carbocycles. The fourth-order valence-corrected chi connectivity index (χ4v) is 2.02. The van der Waals surface area contributed by atoms with Crippen LogP contribution in [-0.4, -0.2) is 40.6 Å². The van der Waals surface area contributed by atoms with Crippen LogP contribution in [0.2, 0.25) is 5.02 Å². The second-order valence-electron chi connectivity index (χ2n) is 4.81. The highest BCUT2D eigenvalue weighted by atomic mass is 35.5. The average molecular weight is 323 g/mol. The first-order valence-electron chi connectivity index (χ1n) is 6.67. The van der Waals surface area contributed by atoms with Crippen molar-refractivity contribution in [3.05, 3.63) is 41.0 Å². The Hall–Kier alpha value is -2.34. The summed E-state index contributed by atoms with van der Waals surface area (Å²) in [7, 11) is 1.60. The Morgan fingerprint density at radius 3 is 2.64 bits per heavy atom. The third-order valence-electron chi connectivity index (χ3n) is 3.09. The second-order valence-corrected chi connectivity index (χ2v) is 5.24. The van der Waals surface area contributed by atoms with Crippen molar-refractivity contribution < 1.29 is 19.2 Å². The molecule has 1 amide bonds. The summed E-state index contributed by atoms with van der Waals surface area (Å²) in [4.78, 5) is 24.0. The van der Waals surface area contributed by atoms with Crippen LogP contribution < -0.4 is 0 Å². The van der Waals surface area contributed by atoms with Gasteiger partial charge in [0.1, 0.15) is 0 Å². The zero-order valence-electron chi connectivity index (χ0n) is 12.0. The molecule has 0 bridgehead atoms. The van der Waals surface area contributed by atoms with E-state index in [9.17, 15) is 9.59 Å². The fourth-order valence-electron chi connectivity index (χ4n) is 1.89. The van der Waals surface area contributed by atoms with Gasteiger partial charge >= 0.3 is 5.97 Å². The topological polar surface area (TPSA) is 83.6 Å². The zero-order chi connectivity index (χ0) is 16.1. The third-order valence-corrected chi connectivity index (χ3v) is 3.34. The summed E-state index contributed by atoms with van der Waals surface area (Å²) in [5.74, 6) is -0.722. The molecule has 0 aliphatic heterocycles. The number of aliphatic carboxylic acids is 1. The van der Waals surface area contributed by atoms with Crippen LogP contribution >= 0.6 is 11.6 Å². The van der Waals surface area contributed by atoms with Gasteiger partial charge in [-0.05, 0) is 30.7 Å². The molecular weight excluding hydrogens is 308 g/mol. The van der Waals surface area contributed by atoms with E-state index in [1.165, 1.54) is 4.90 Å². The maximum atomic E-state index is 12.2. The molecule has 0 fully saturated rings. The summed E-state index contributed by atoms with van der Waals surface area (Å²) in [5, 5.41) is 13.0. The molecule has 116 valence electrons. The van der Waals surface area contributed by atoms with Crippen LogP contribution in [-0.2, 0) is 4.79 Å². The van der Waals surface area contributed by atoms with E-state index >= 15 is 0 Å². The van der Waals surface area contributed by atoms with E-state index in [2.05, 4.69) is 5.16 Å². The highest BCUT2D eigenvalue weighted by Gasteiger charge is 2.17. The number of benzene rings is 1. The van der Waals surface area contributed by atoms with Crippen molar-refractivity contribution in [2.75, 3.05) is 13.6 Å². The van der Waals surface area contributed by atoms with Crippen LogP contribution in [0.5, 0.6) is 0 Å². The summed E-state index contributed by atoms with van der Waals surface area (Å²) < 4.78 is 5.17. The SMILES string of the molecule is CN(CCCC(=O)O)C(=O)c1cc(-c2ccc(Cl)cc2)on1. The quantitative estimate of drug-likeness (QED) is 0.884. The molecular formula is C15H15ClN2O4. The molecule has 1 N–H and O–H groups in total. The van der Waals surface area contributed by atoms with Crippen molar-refractivity contribution in [2.24, 2.45) is 0 Å². The first-order valence-corrected chi connectivity index (χ1v) is 7.05. The lowest BCUT2D eigenvalue weighted by atomic mass is 10.1. The number of halogens is 1. The first-order chi connectivity index (χ1) is 10.5. The molecule has 22 heavy (non-hydrogen) atoms. The van der Waals surface area contributed by atoms with Crippen molar-refractivity contribution in [2.45, 2.75) is 12.8 Å². The van der Waals surface area contributed by atoms with E-state index in [0.717, 1.165) is 5.56 Å². The molecule has 0 saturated carbocycles. The highest BCUT2D eigenvalue weighted by molar-refractivity contribution is 6.30. The molecule has 0 saturated heterocycles. The third kappa shape index (κ3) is 4.08. The van der Waals surface area contributed by atoms with Gasteiger partial charge in [0, 0.05) is 36.7 Å². The normalized spacial score (nSPS) is 10.5. The molecule has 0 aliphatic rings. The maximum absolute atomic E-state index is 12.2. The van der Waals surface area contributed by atoms with Gasteiger partial charge in [-0.15, -0.1) is 0 Å². The molecule has 0 spiro atoms. The smallest absolute Gasteiger partial charge is 0.303 e. The van der Waals surface area contributed by atoms with Gasteiger partial charge in [-0.1, -0.05) is 16.8 Å². The van der Waals surface area contributed by atoms with Gasteiger partial charge in [0.15, 0.2) is 11.5 Å². The number of hydrogen-bond acceptors (Lipinski definition) is 4. The molecule has 6 nitrogen and oxygen atoms in total. The summed E-state index contributed by atoms with van der Waals surface area (Å²) in [6.07, 6.45) is 0.409. The number of amides is 1. The summed E-state index contributed by atoms with van der Waals surface area (Å²) in [5.41, 5.74) is 0.951. The summed E-state index contributed by atoms with van der Waals surface area (Å²) in [6.45, 7) is 0.342. The van der Waals surface area contributed by atoms with Crippen molar-refractivity contribution in [1.82, 2.24) is 10.1 Å². The molecule has 0 aliphatic carbocycles. The highest BCUT2D eigenvalue weighted by Crippen LogP contribution is 2.22. The van der Waals surface area contributed by atoms with E-state index < -0.39 is 5.97 Å². The molecule has 0 unspecified atom stereocenters. The maximum Gasteiger partial charge on any atom is 0.303 e. The predicted octanol–water partition coefficient (Wildman–Crippen LogP) is 2.93. The van der Waals surface area contributed by atoms with Crippen LogP contribution in [0.1, 0.15) is 23.3 Å². The van der Waals surface area contributed by atoms with E-state index in [0.29, 0.717) is 23.7 Å². The van der Waals surface area contributed by atoms with Crippen molar-refractivity contribution in [3.8, 4) is 11.3 Å². The van der Waals surface area contributed by atoms with Crippen molar-refractivity contribution >= 4 is 23.5 Å². The fraction of sp³-hybridized carbons (Fsp3) is 0.267. The van der Waals surface area contributed by atoms with E-state index in [-0.39, 0.29) is 18.0 Å². The Kier molecular flexibility index (Phi) is 5.16. The standard InChI is InChI=1S/C15H15ClN2O4/c1-18(8-2-3-14(19)20)15(21)12-9-13(22-17-12)10-4-6-11(16)7-5-10/h4-7,9H,2-3,8H2,1H3,(H,19,20). The van der Waals surface area contributed by atoms with E-state index in [1.807, 2.05) is 0 Å². The van der Waals surface area contributed by atoms with Gasteiger partial charge in [-0.25, -0.2) is 0 Å². The van der Waals surface area contributed by atoms with Gasteiger partial charge in [-0.2, -0.15) is 0 Å². The van der Waals surface area contributed by atoms with Crippen molar-refractivity contribution in [3.63, 3.8) is 0 Å². The largest absolute Gasteiger partial charge is 0.481 e. The zero-order valence-corrected chi connectivity index (χ0v) is 12.7. The van der Waals surface area contributed by atoms with Crippen LogP contribution in [0.15, 0.2) is 34.9 Å². The Morgan fingerprint density at radius 2 is 2.00 bits per heavy atom. The van der Waals surface area contributed by atoms with Crippen LogP contribution in [0.3, 0.4) is 0 Å². The number of carbonyl (C=O) groups excluding carboxylic acids is 1. The Bertz CT molecular complexity index is 666. The number of carboxylic acids is 1. The van der Waals surface area contributed by atoms with Crippen LogP contribution in [0.4, 0.5) is 0 Å². The van der Waals surface area contributed by atoms with Gasteiger partial charge in [0.25, 0.3) is 5.91 Å². The number of nitrogens with zero attached hydrogens (tertiary/aromatic N) is 2. The number of rotatable bonds is 6. The minimum atomic E-state index is -0.882. The minimum Gasteiger partial charge on any atom is -0.481 e. The van der Waals surface area contributed by atoms with Gasteiger partial charge in [0.05, 0.1) is 0 Å². The number of carbonyl (C=O) groups is 2. The van der Waals surface area contributed by atoms with Gasteiger partial charge in [-0.3, -0.25) is 9.59 Å². The lowest BCUT2D eigenvalue weighted by molar-refractivity contribution is -0.137. The summed E-state index contributed by atoms with van der Waals surface area (Å²) >= 11 is 5.82. The first kappa shape index (κ1) is 16.0. The lowest BCUT2D eigenvalue weighted by Crippen LogP contribution is -2.28. The van der Waals surface area contributed by atoms with E-state index in [1.54, 1.807) is 37.4 Å². The van der Waals surface area contributed by atoms with E-state index in [4.69, 9.17) is 21.2 Å². The Balaban J connectivity index is 2.02. The van der Waals surface area contributed by atoms with Crippen LogP contribution in [0, 0.1) is 0 Å². The Labute approximate surface area is 132 Å². The lowest BCUT2D eigenvalue weighted by Gasteiger charge is -2.14. The van der Waals surface area contributed by atoms with Crippen molar-refractivity contribution in [1.29, 1.82) is 0 Å². The molecule has 2 aromatic rings. The molecule has 2 rings (SSSR count).